The van der Waals surface area contributed by atoms with Gasteiger partial charge in [0, 0.05) is 6.42 Å². The molecule has 1 aromatic rings. The quantitative estimate of drug-likeness (QED) is 0.899. The van der Waals surface area contributed by atoms with Crippen molar-refractivity contribution < 1.29 is 13.2 Å². The second-order valence-corrected chi connectivity index (χ2v) is 3.64. The molecule has 0 radical (unpaired) electrons. The highest BCUT2D eigenvalue weighted by Crippen LogP contribution is 2.21. The maximum Gasteiger partial charge on any atom is 0.253 e. The van der Waals surface area contributed by atoms with Crippen LogP contribution >= 0.6 is 15.9 Å². The highest BCUT2D eigenvalue weighted by Gasteiger charge is 2.18. The summed E-state index contributed by atoms with van der Waals surface area (Å²) >= 11 is 3.11. The molecule has 0 amide bonds. The molecule has 0 saturated heterocycles. The van der Waals surface area contributed by atoms with Crippen molar-refractivity contribution in [1.29, 1.82) is 0 Å². The van der Waals surface area contributed by atoms with E-state index in [4.69, 9.17) is 10.2 Å². The maximum atomic E-state index is 12.1. The highest BCUT2D eigenvalue weighted by atomic mass is 79.9. The number of halogens is 3. The fraction of sp³-hybridized carbons (Fsp3) is 0.500. The lowest BCUT2D eigenvalue weighted by Crippen LogP contribution is -2.30. The first-order valence-corrected chi connectivity index (χ1v) is 4.58. The van der Waals surface area contributed by atoms with E-state index in [0.717, 1.165) is 5.56 Å². The van der Waals surface area contributed by atoms with Gasteiger partial charge in [-0.1, -0.05) is 0 Å². The second-order valence-electron chi connectivity index (χ2n) is 2.86. The van der Waals surface area contributed by atoms with Crippen LogP contribution in [0.3, 0.4) is 0 Å². The highest BCUT2D eigenvalue weighted by molar-refractivity contribution is 9.10. The summed E-state index contributed by atoms with van der Waals surface area (Å²) in [6, 6.07) is 0.574. The Kier molecular flexibility index (Phi) is 3.44. The van der Waals surface area contributed by atoms with Gasteiger partial charge < -0.3 is 10.2 Å². The predicted octanol–water partition coefficient (Wildman–Crippen LogP) is 2.49. The number of hydrogen-bond donors (Lipinski definition) is 1. The average molecular weight is 254 g/mol. The van der Waals surface area contributed by atoms with Crippen LogP contribution in [0.4, 0.5) is 8.78 Å². The summed E-state index contributed by atoms with van der Waals surface area (Å²) in [5, 5.41) is 0. The van der Waals surface area contributed by atoms with E-state index < -0.39 is 12.5 Å². The van der Waals surface area contributed by atoms with Gasteiger partial charge in [0.1, 0.15) is 5.76 Å². The lowest BCUT2D eigenvalue weighted by molar-refractivity contribution is 0.113. The monoisotopic (exact) mass is 253 g/mol. The van der Waals surface area contributed by atoms with Gasteiger partial charge in [-0.3, -0.25) is 0 Å². The summed E-state index contributed by atoms with van der Waals surface area (Å²) in [6.07, 6.45) is -2.45. The van der Waals surface area contributed by atoms with Crippen molar-refractivity contribution in [3.63, 3.8) is 0 Å². The minimum absolute atomic E-state index is 0.0646. The fourth-order valence-electron chi connectivity index (χ4n) is 0.984. The van der Waals surface area contributed by atoms with Crippen LogP contribution in [0.2, 0.25) is 0 Å². The van der Waals surface area contributed by atoms with E-state index in [-0.39, 0.29) is 6.42 Å². The Labute approximate surface area is 83.2 Å². The number of rotatable bonds is 3. The van der Waals surface area contributed by atoms with Crippen molar-refractivity contribution in [2.24, 2.45) is 5.73 Å². The van der Waals surface area contributed by atoms with Crippen LogP contribution in [0.25, 0.3) is 0 Å². The lowest BCUT2D eigenvalue weighted by Gasteiger charge is -2.08. The summed E-state index contributed by atoms with van der Waals surface area (Å²) in [6.45, 7) is 1.79. The lowest BCUT2D eigenvalue weighted by atomic mass is 10.1. The molecule has 0 fully saturated rings. The molecule has 13 heavy (non-hydrogen) atoms. The fourth-order valence-corrected chi connectivity index (χ4v) is 1.52. The molecule has 0 aliphatic heterocycles. The van der Waals surface area contributed by atoms with E-state index in [1.807, 2.05) is 0 Å². The summed E-state index contributed by atoms with van der Waals surface area (Å²) in [7, 11) is 0. The topological polar surface area (TPSA) is 39.2 Å². The SMILES string of the molecule is Cc1cc(Br)oc1CC(N)C(F)F. The molecule has 1 heterocycles. The number of hydrogen-bond acceptors (Lipinski definition) is 2. The van der Waals surface area contributed by atoms with Crippen molar-refractivity contribution in [3.8, 4) is 0 Å². The smallest absolute Gasteiger partial charge is 0.253 e. The second kappa shape index (κ2) is 4.19. The van der Waals surface area contributed by atoms with E-state index in [9.17, 15) is 8.78 Å². The Bertz CT molecular complexity index is 288. The maximum absolute atomic E-state index is 12.1. The van der Waals surface area contributed by atoms with E-state index >= 15 is 0 Å². The van der Waals surface area contributed by atoms with Gasteiger partial charge in [-0.2, -0.15) is 0 Å². The zero-order valence-electron chi connectivity index (χ0n) is 7.06. The number of nitrogens with two attached hydrogens (primary N) is 1. The third-order valence-corrected chi connectivity index (χ3v) is 2.13. The van der Waals surface area contributed by atoms with Crippen LogP contribution < -0.4 is 5.73 Å². The van der Waals surface area contributed by atoms with Crippen molar-refractivity contribution in [2.45, 2.75) is 25.8 Å². The van der Waals surface area contributed by atoms with Crippen molar-refractivity contribution in [1.82, 2.24) is 0 Å². The first kappa shape index (κ1) is 10.7. The van der Waals surface area contributed by atoms with Gasteiger partial charge in [0.15, 0.2) is 4.67 Å². The minimum Gasteiger partial charge on any atom is -0.454 e. The van der Waals surface area contributed by atoms with Gasteiger partial charge >= 0.3 is 0 Å². The van der Waals surface area contributed by atoms with Gasteiger partial charge in [-0.05, 0) is 34.5 Å². The van der Waals surface area contributed by atoms with Crippen LogP contribution in [0.5, 0.6) is 0 Å². The molecule has 1 aromatic heterocycles. The molecule has 5 heteroatoms. The summed E-state index contributed by atoms with van der Waals surface area (Å²) in [5.41, 5.74) is 6.04. The van der Waals surface area contributed by atoms with Crippen LogP contribution in [-0.2, 0) is 6.42 Å². The van der Waals surface area contributed by atoms with Gasteiger partial charge in [-0.15, -0.1) is 0 Å². The summed E-state index contributed by atoms with van der Waals surface area (Å²) in [5.74, 6) is 0.514. The Hall–Kier alpha value is -0.420. The van der Waals surface area contributed by atoms with Crippen LogP contribution in [-0.4, -0.2) is 12.5 Å². The zero-order valence-corrected chi connectivity index (χ0v) is 8.64. The number of furan rings is 1. The van der Waals surface area contributed by atoms with Gasteiger partial charge in [0.05, 0.1) is 6.04 Å². The Morgan fingerprint density at radius 3 is 2.62 bits per heavy atom. The molecular formula is C8H10BrF2NO. The largest absolute Gasteiger partial charge is 0.454 e. The molecule has 1 rings (SSSR count). The standard InChI is InChI=1S/C8H10BrF2NO/c1-4-2-7(9)13-6(4)3-5(12)8(10)11/h2,5,8H,3,12H2,1H3. The molecular weight excluding hydrogens is 244 g/mol. The Morgan fingerprint density at radius 1 is 1.62 bits per heavy atom. The van der Waals surface area contributed by atoms with E-state index in [1.165, 1.54) is 0 Å². The van der Waals surface area contributed by atoms with Gasteiger partial charge in [-0.25, -0.2) is 8.78 Å². The predicted molar refractivity (Wildman–Crippen MR) is 48.8 cm³/mol. The van der Waals surface area contributed by atoms with Crippen molar-refractivity contribution >= 4 is 15.9 Å². The van der Waals surface area contributed by atoms with Gasteiger partial charge in [0.25, 0.3) is 6.43 Å². The Morgan fingerprint density at radius 2 is 2.23 bits per heavy atom. The summed E-state index contributed by atoms with van der Waals surface area (Å²) in [4.78, 5) is 0. The molecule has 0 aliphatic rings. The molecule has 0 aliphatic carbocycles. The zero-order chi connectivity index (χ0) is 10.0. The summed E-state index contributed by atoms with van der Waals surface area (Å²) < 4.78 is 29.8. The normalized spacial score (nSPS) is 13.7. The van der Waals surface area contributed by atoms with Crippen molar-refractivity contribution in [3.05, 3.63) is 22.1 Å². The molecule has 0 bridgehead atoms. The molecule has 0 saturated carbocycles. The number of aryl methyl sites for hydroxylation is 1. The third kappa shape index (κ3) is 2.77. The van der Waals surface area contributed by atoms with Crippen molar-refractivity contribution in [2.75, 3.05) is 0 Å². The molecule has 2 N–H and O–H groups in total. The molecule has 0 spiro atoms. The molecule has 1 atom stereocenters. The van der Waals surface area contributed by atoms with E-state index in [0.29, 0.717) is 10.4 Å². The van der Waals surface area contributed by atoms with Gasteiger partial charge in [0.2, 0.25) is 0 Å². The van der Waals surface area contributed by atoms with E-state index in [2.05, 4.69) is 15.9 Å². The van der Waals surface area contributed by atoms with Crippen LogP contribution in [0, 0.1) is 6.92 Å². The molecule has 0 aromatic carbocycles. The molecule has 1 unspecified atom stereocenters. The average Bonchev–Trinajstić information content (AvgIpc) is 2.30. The minimum atomic E-state index is -2.51. The Balaban J connectivity index is 2.68. The first-order chi connectivity index (χ1) is 6.00. The number of alkyl halides is 2. The molecule has 2 nitrogen and oxygen atoms in total. The van der Waals surface area contributed by atoms with E-state index in [1.54, 1.807) is 13.0 Å². The third-order valence-electron chi connectivity index (χ3n) is 1.74. The first-order valence-electron chi connectivity index (χ1n) is 3.79. The van der Waals surface area contributed by atoms with Crippen LogP contribution in [0.1, 0.15) is 11.3 Å². The molecule has 74 valence electrons. The van der Waals surface area contributed by atoms with Crippen LogP contribution in [0.15, 0.2) is 15.2 Å².